The van der Waals surface area contributed by atoms with Gasteiger partial charge in [0.15, 0.2) is 0 Å². The van der Waals surface area contributed by atoms with E-state index in [-0.39, 0.29) is 12.0 Å². The Hall–Kier alpha value is -0.280. The van der Waals surface area contributed by atoms with E-state index in [2.05, 4.69) is 0 Å². The lowest BCUT2D eigenvalue weighted by molar-refractivity contribution is 0.123. The fourth-order valence-corrected chi connectivity index (χ4v) is 2.57. The first-order chi connectivity index (χ1) is 7.63. The Bertz CT molecular complexity index is 379. The Morgan fingerprint density at radius 1 is 1.38 bits per heavy atom. The maximum atomic E-state index is 10.1. The molecule has 0 aliphatic heterocycles. The van der Waals surface area contributed by atoms with Gasteiger partial charge in [0.1, 0.15) is 0 Å². The zero-order chi connectivity index (χ0) is 11.7. The lowest BCUT2D eigenvalue weighted by Gasteiger charge is -2.22. The second-order valence-corrected chi connectivity index (χ2v) is 5.18. The molecule has 0 aromatic heterocycles. The maximum absolute atomic E-state index is 10.1. The van der Waals surface area contributed by atoms with Crippen LogP contribution in [-0.4, -0.2) is 17.8 Å². The highest BCUT2D eigenvalue weighted by molar-refractivity contribution is 6.35. The molecule has 0 amide bonds. The second-order valence-electron chi connectivity index (χ2n) is 4.34. The fourth-order valence-electron chi connectivity index (χ4n) is 2.02. The Balaban J connectivity index is 2.24. The maximum Gasteiger partial charge on any atom is 0.0649 e. The van der Waals surface area contributed by atoms with E-state index in [9.17, 15) is 5.11 Å². The fraction of sp³-hybridized carbons (Fsp3) is 0.500. The molecule has 2 nitrogen and oxygen atoms in total. The van der Waals surface area contributed by atoms with E-state index in [0.717, 1.165) is 18.4 Å². The van der Waals surface area contributed by atoms with E-state index in [1.54, 1.807) is 12.1 Å². The molecular weight excluding hydrogens is 245 g/mol. The van der Waals surface area contributed by atoms with Crippen molar-refractivity contribution in [2.75, 3.05) is 6.54 Å². The average molecular weight is 260 g/mol. The molecule has 1 aliphatic carbocycles. The summed E-state index contributed by atoms with van der Waals surface area (Å²) in [4.78, 5) is 0. The molecule has 0 radical (unpaired) electrons. The molecule has 2 atom stereocenters. The van der Waals surface area contributed by atoms with E-state index >= 15 is 0 Å². The first kappa shape index (κ1) is 12.2. The molecule has 1 aromatic rings. The normalized spacial score (nSPS) is 19.5. The predicted octanol–water partition coefficient (Wildman–Crippen LogP) is 2.81. The van der Waals surface area contributed by atoms with Crippen molar-refractivity contribution in [1.29, 1.82) is 0 Å². The molecule has 2 rings (SSSR count). The lowest BCUT2D eigenvalue weighted by atomic mass is 9.91. The summed E-state index contributed by atoms with van der Waals surface area (Å²) in [5.41, 5.74) is 6.62. The summed E-state index contributed by atoms with van der Waals surface area (Å²) in [7, 11) is 0. The van der Waals surface area contributed by atoms with E-state index in [0.29, 0.717) is 22.5 Å². The van der Waals surface area contributed by atoms with Gasteiger partial charge in [0.25, 0.3) is 0 Å². The van der Waals surface area contributed by atoms with Crippen molar-refractivity contribution in [1.82, 2.24) is 0 Å². The third kappa shape index (κ3) is 2.51. The zero-order valence-corrected chi connectivity index (χ0v) is 10.4. The Morgan fingerprint density at radius 2 is 2.06 bits per heavy atom. The summed E-state index contributed by atoms with van der Waals surface area (Å²) in [6, 6.07) is 5.33. The van der Waals surface area contributed by atoms with E-state index < -0.39 is 0 Å². The summed E-state index contributed by atoms with van der Waals surface area (Å²) in [5.74, 6) is 0.303. The summed E-state index contributed by atoms with van der Waals surface area (Å²) in [6.45, 7) is 0.402. The summed E-state index contributed by atoms with van der Waals surface area (Å²) in [5, 5.41) is 11.3. The van der Waals surface area contributed by atoms with Crippen LogP contribution in [0.3, 0.4) is 0 Å². The highest BCUT2D eigenvalue weighted by atomic mass is 35.5. The van der Waals surface area contributed by atoms with E-state index in [1.165, 1.54) is 0 Å². The molecular formula is C12H15Cl2NO. The average Bonchev–Trinajstić information content (AvgIpc) is 3.05. The summed E-state index contributed by atoms with van der Waals surface area (Å²) < 4.78 is 0. The quantitative estimate of drug-likeness (QED) is 0.874. The van der Waals surface area contributed by atoms with Crippen molar-refractivity contribution < 1.29 is 5.11 Å². The number of aliphatic hydroxyl groups excluding tert-OH is 1. The number of nitrogens with two attached hydrogens (primary N) is 1. The number of rotatable bonds is 4. The van der Waals surface area contributed by atoms with Gasteiger partial charge in [-0.15, -0.1) is 0 Å². The van der Waals surface area contributed by atoms with Gasteiger partial charge in [0.05, 0.1) is 6.10 Å². The molecule has 0 heterocycles. The van der Waals surface area contributed by atoms with Crippen LogP contribution in [0.5, 0.6) is 0 Å². The Labute approximate surface area is 105 Å². The molecule has 1 aliphatic rings. The monoisotopic (exact) mass is 259 g/mol. The Kier molecular flexibility index (Phi) is 3.75. The third-order valence-corrected chi connectivity index (χ3v) is 3.70. The summed E-state index contributed by atoms with van der Waals surface area (Å²) in [6.07, 6.45) is 1.79. The smallest absolute Gasteiger partial charge is 0.0649 e. The molecule has 2 unspecified atom stereocenters. The van der Waals surface area contributed by atoms with Crippen LogP contribution < -0.4 is 5.73 Å². The van der Waals surface area contributed by atoms with Gasteiger partial charge in [-0.25, -0.2) is 0 Å². The van der Waals surface area contributed by atoms with Crippen LogP contribution in [0.2, 0.25) is 10.0 Å². The molecule has 4 heteroatoms. The van der Waals surface area contributed by atoms with Gasteiger partial charge in [0.2, 0.25) is 0 Å². The third-order valence-electron chi connectivity index (χ3n) is 3.13. The van der Waals surface area contributed by atoms with Crippen LogP contribution >= 0.6 is 23.2 Å². The molecule has 3 N–H and O–H groups in total. The van der Waals surface area contributed by atoms with Crippen LogP contribution in [0.4, 0.5) is 0 Å². The van der Waals surface area contributed by atoms with Crippen molar-refractivity contribution in [3.63, 3.8) is 0 Å². The second kappa shape index (κ2) is 4.92. The van der Waals surface area contributed by atoms with Crippen molar-refractivity contribution in [3.05, 3.63) is 33.8 Å². The van der Waals surface area contributed by atoms with Crippen molar-refractivity contribution in [2.24, 2.45) is 11.7 Å². The molecule has 16 heavy (non-hydrogen) atoms. The highest BCUT2D eigenvalue weighted by Crippen LogP contribution is 2.40. The van der Waals surface area contributed by atoms with Gasteiger partial charge in [-0.2, -0.15) is 0 Å². The largest absolute Gasteiger partial charge is 0.392 e. The van der Waals surface area contributed by atoms with E-state index in [1.807, 2.05) is 6.07 Å². The molecule has 88 valence electrons. The first-order valence-electron chi connectivity index (χ1n) is 5.46. The van der Waals surface area contributed by atoms with Crippen molar-refractivity contribution in [3.8, 4) is 0 Å². The molecule has 0 spiro atoms. The molecule has 0 bridgehead atoms. The summed E-state index contributed by atoms with van der Waals surface area (Å²) >= 11 is 12.0. The van der Waals surface area contributed by atoms with Gasteiger partial charge in [0, 0.05) is 22.5 Å². The Morgan fingerprint density at radius 3 is 2.56 bits per heavy atom. The molecule has 1 aromatic carbocycles. The number of benzene rings is 1. The van der Waals surface area contributed by atoms with Crippen molar-refractivity contribution >= 4 is 23.2 Å². The minimum atomic E-state index is -0.385. The SMILES string of the molecule is NCC(c1ccc(Cl)cc1Cl)C(O)C1CC1. The molecule has 1 saturated carbocycles. The predicted molar refractivity (Wildman–Crippen MR) is 67.0 cm³/mol. The van der Waals surface area contributed by atoms with Gasteiger partial charge in [-0.1, -0.05) is 29.3 Å². The standard InChI is InChI=1S/C12H15Cl2NO/c13-8-3-4-9(11(14)5-8)10(6-15)12(16)7-1-2-7/h3-5,7,10,12,16H,1-2,6,15H2. The number of hydrogen-bond acceptors (Lipinski definition) is 2. The van der Waals surface area contributed by atoms with Gasteiger partial charge in [-0.05, 0) is 36.5 Å². The molecule has 1 fully saturated rings. The van der Waals surface area contributed by atoms with Crippen LogP contribution in [-0.2, 0) is 0 Å². The lowest BCUT2D eigenvalue weighted by Crippen LogP contribution is -2.27. The minimum absolute atomic E-state index is 0.0859. The number of halogens is 2. The van der Waals surface area contributed by atoms with Crippen LogP contribution in [0.25, 0.3) is 0 Å². The van der Waals surface area contributed by atoms with Gasteiger partial charge < -0.3 is 10.8 Å². The minimum Gasteiger partial charge on any atom is -0.392 e. The zero-order valence-electron chi connectivity index (χ0n) is 8.87. The number of hydrogen-bond donors (Lipinski definition) is 2. The number of aliphatic hydroxyl groups is 1. The van der Waals surface area contributed by atoms with E-state index in [4.69, 9.17) is 28.9 Å². The highest BCUT2D eigenvalue weighted by Gasteiger charge is 2.35. The topological polar surface area (TPSA) is 46.2 Å². The van der Waals surface area contributed by atoms with Crippen molar-refractivity contribution in [2.45, 2.75) is 24.9 Å². The van der Waals surface area contributed by atoms with Gasteiger partial charge in [-0.3, -0.25) is 0 Å². The van der Waals surface area contributed by atoms with Crippen LogP contribution in [0.1, 0.15) is 24.3 Å². The molecule has 0 saturated heterocycles. The first-order valence-corrected chi connectivity index (χ1v) is 6.22. The van der Waals surface area contributed by atoms with Gasteiger partial charge >= 0.3 is 0 Å². The van der Waals surface area contributed by atoms with Crippen LogP contribution in [0.15, 0.2) is 18.2 Å². The van der Waals surface area contributed by atoms with Crippen LogP contribution in [0, 0.1) is 5.92 Å².